The minimum atomic E-state index is -0.184. The Bertz CT molecular complexity index is 637. The number of carbonyl (C=O) groups excluding carboxylic acids is 1. The molecule has 0 aliphatic rings. The molecule has 0 radical (unpaired) electrons. The van der Waals surface area contributed by atoms with Crippen molar-refractivity contribution in [2.24, 2.45) is 5.92 Å². The van der Waals surface area contributed by atoms with Gasteiger partial charge in [0.1, 0.15) is 5.69 Å². The van der Waals surface area contributed by atoms with Crippen molar-refractivity contribution >= 4 is 40.5 Å². The van der Waals surface area contributed by atoms with Crippen LogP contribution in [-0.2, 0) is 0 Å². The van der Waals surface area contributed by atoms with E-state index in [-0.39, 0.29) is 5.91 Å². The van der Waals surface area contributed by atoms with Crippen molar-refractivity contribution in [1.82, 2.24) is 10.3 Å². The van der Waals surface area contributed by atoms with Gasteiger partial charge in [0.25, 0.3) is 5.91 Å². The van der Waals surface area contributed by atoms with Gasteiger partial charge in [0.05, 0.1) is 27.6 Å². The first-order valence-electron chi connectivity index (χ1n) is 6.92. The highest BCUT2D eigenvalue weighted by molar-refractivity contribution is 6.39. The molecule has 6 heteroatoms. The fourth-order valence-corrected chi connectivity index (χ4v) is 2.24. The lowest BCUT2D eigenvalue weighted by Crippen LogP contribution is -2.27. The van der Waals surface area contributed by atoms with Crippen LogP contribution in [0.4, 0.5) is 11.4 Å². The number of pyridine rings is 1. The molecule has 0 saturated carbocycles. The van der Waals surface area contributed by atoms with Crippen LogP contribution < -0.4 is 10.6 Å². The van der Waals surface area contributed by atoms with E-state index in [9.17, 15) is 4.79 Å². The number of anilines is 2. The molecular formula is C16H17Cl2N3O. The molecule has 116 valence electrons. The third kappa shape index (κ3) is 4.36. The number of amides is 1. The third-order valence-corrected chi connectivity index (χ3v) is 3.53. The Hall–Kier alpha value is -1.78. The molecule has 0 unspecified atom stereocenters. The highest BCUT2D eigenvalue weighted by Crippen LogP contribution is 2.32. The Morgan fingerprint density at radius 2 is 1.86 bits per heavy atom. The average molecular weight is 338 g/mol. The summed E-state index contributed by atoms with van der Waals surface area (Å²) in [5.74, 6) is 0.211. The first kappa shape index (κ1) is 16.6. The molecule has 22 heavy (non-hydrogen) atoms. The molecule has 0 fully saturated rings. The predicted octanol–water partition coefficient (Wildman–Crippen LogP) is 4.52. The molecule has 1 heterocycles. The summed E-state index contributed by atoms with van der Waals surface area (Å²) in [5, 5.41) is 6.96. The van der Waals surface area contributed by atoms with Gasteiger partial charge in [-0.15, -0.1) is 0 Å². The van der Waals surface area contributed by atoms with E-state index in [1.807, 2.05) is 13.8 Å². The second-order valence-corrected chi connectivity index (χ2v) is 6.07. The fraction of sp³-hybridized carbons (Fsp3) is 0.250. The van der Waals surface area contributed by atoms with E-state index >= 15 is 0 Å². The Morgan fingerprint density at radius 3 is 2.41 bits per heavy atom. The summed E-state index contributed by atoms with van der Waals surface area (Å²) >= 11 is 12.2. The van der Waals surface area contributed by atoms with Crippen LogP contribution in [0.15, 0.2) is 36.5 Å². The van der Waals surface area contributed by atoms with Crippen LogP contribution in [0.25, 0.3) is 0 Å². The number of nitrogens with zero attached hydrogens (tertiary/aromatic N) is 1. The maximum absolute atomic E-state index is 11.9. The van der Waals surface area contributed by atoms with E-state index in [0.29, 0.717) is 39.6 Å². The van der Waals surface area contributed by atoms with E-state index in [1.54, 1.807) is 36.5 Å². The Morgan fingerprint density at radius 1 is 1.18 bits per heavy atom. The van der Waals surface area contributed by atoms with Gasteiger partial charge in [0.15, 0.2) is 0 Å². The van der Waals surface area contributed by atoms with E-state index in [2.05, 4.69) is 15.6 Å². The summed E-state index contributed by atoms with van der Waals surface area (Å²) in [6.45, 7) is 4.69. The number of aromatic nitrogens is 1. The van der Waals surface area contributed by atoms with Crippen molar-refractivity contribution in [3.8, 4) is 0 Å². The number of nitrogens with one attached hydrogen (secondary N) is 2. The smallest absolute Gasteiger partial charge is 0.269 e. The lowest BCUT2D eigenvalue weighted by atomic mass is 10.2. The summed E-state index contributed by atoms with van der Waals surface area (Å²) < 4.78 is 0. The lowest BCUT2D eigenvalue weighted by molar-refractivity contribution is 0.0944. The SMILES string of the molecule is CC(C)CNC(=O)c1ccc(Nc2c(Cl)cccc2Cl)cn1. The highest BCUT2D eigenvalue weighted by Gasteiger charge is 2.09. The van der Waals surface area contributed by atoms with Gasteiger partial charge < -0.3 is 10.6 Å². The Labute approximate surface area is 139 Å². The second kappa shape index (κ2) is 7.47. The zero-order valence-electron chi connectivity index (χ0n) is 12.4. The molecule has 0 bridgehead atoms. The zero-order valence-corrected chi connectivity index (χ0v) is 13.9. The first-order chi connectivity index (χ1) is 10.5. The van der Waals surface area contributed by atoms with Gasteiger partial charge in [-0.1, -0.05) is 43.1 Å². The molecule has 4 nitrogen and oxygen atoms in total. The standard InChI is InChI=1S/C16H17Cl2N3O/c1-10(2)8-20-16(22)14-7-6-11(9-19-14)21-15-12(17)4-3-5-13(15)18/h3-7,9-10,21H,8H2,1-2H3,(H,20,22). The number of rotatable bonds is 5. The van der Waals surface area contributed by atoms with Crippen molar-refractivity contribution < 1.29 is 4.79 Å². The number of carbonyl (C=O) groups is 1. The molecular weight excluding hydrogens is 321 g/mol. The Balaban J connectivity index is 2.08. The molecule has 2 N–H and O–H groups in total. The first-order valence-corrected chi connectivity index (χ1v) is 7.68. The monoisotopic (exact) mass is 337 g/mol. The van der Waals surface area contributed by atoms with Gasteiger partial charge in [-0.25, -0.2) is 4.98 Å². The summed E-state index contributed by atoms with van der Waals surface area (Å²) in [6.07, 6.45) is 1.57. The molecule has 0 aliphatic heterocycles. The molecule has 2 aromatic rings. The van der Waals surface area contributed by atoms with Gasteiger partial charge in [0, 0.05) is 6.54 Å². The van der Waals surface area contributed by atoms with E-state index in [0.717, 1.165) is 0 Å². The van der Waals surface area contributed by atoms with Crippen LogP contribution in [0, 0.1) is 5.92 Å². The maximum Gasteiger partial charge on any atom is 0.269 e. The van der Waals surface area contributed by atoms with Crippen LogP contribution in [-0.4, -0.2) is 17.4 Å². The minimum Gasteiger partial charge on any atom is -0.352 e. The summed E-state index contributed by atoms with van der Waals surface area (Å²) in [4.78, 5) is 16.0. The number of hydrogen-bond acceptors (Lipinski definition) is 3. The van der Waals surface area contributed by atoms with Crippen molar-refractivity contribution in [3.05, 3.63) is 52.3 Å². The van der Waals surface area contributed by atoms with Crippen LogP contribution in [0.5, 0.6) is 0 Å². The van der Waals surface area contributed by atoms with Crippen molar-refractivity contribution in [3.63, 3.8) is 0 Å². The molecule has 1 amide bonds. The molecule has 1 aromatic heterocycles. The Kier molecular flexibility index (Phi) is 5.63. The number of halogens is 2. The predicted molar refractivity (Wildman–Crippen MR) is 91.2 cm³/mol. The highest BCUT2D eigenvalue weighted by atomic mass is 35.5. The van der Waals surface area contributed by atoms with Crippen LogP contribution >= 0.6 is 23.2 Å². The molecule has 0 saturated heterocycles. The number of benzene rings is 1. The summed E-state index contributed by atoms with van der Waals surface area (Å²) in [5.41, 5.74) is 1.69. The normalized spacial score (nSPS) is 10.6. The fourth-order valence-electron chi connectivity index (χ4n) is 1.75. The molecule has 2 rings (SSSR count). The van der Waals surface area contributed by atoms with Crippen molar-refractivity contribution in [1.29, 1.82) is 0 Å². The topological polar surface area (TPSA) is 54.0 Å². The van der Waals surface area contributed by atoms with Crippen LogP contribution in [0.1, 0.15) is 24.3 Å². The average Bonchev–Trinajstić information content (AvgIpc) is 2.49. The molecule has 0 aliphatic carbocycles. The third-order valence-electron chi connectivity index (χ3n) is 2.90. The van der Waals surface area contributed by atoms with Crippen molar-refractivity contribution in [2.75, 3.05) is 11.9 Å². The van der Waals surface area contributed by atoms with Gasteiger partial charge in [0.2, 0.25) is 0 Å². The van der Waals surface area contributed by atoms with Crippen molar-refractivity contribution in [2.45, 2.75) is 13.8 Å². The minimum absolute atomic E-state index is 0.184. The molecule has 0 atom stereocenters. The van der Waals surface area contributed by atoms with Crippen LogP contribution in [0.2, 0.25) is 10.0 Å². The van der Waals surface area contributed by atoms with E-state index < -0.39 is 0 Å². The van der Waals surface area contributed by atoms with Gasteiger partial charge in [-0.2, -0.15) is 0 Å². The number of para-hydroxylation sites is 1. The zero-order chi connectivity index (χ0) is 16.1. The van der Waals surface area contributed by atoms with E-state index in [1.165, 1.54) is 0 Å². The molecule has 1 aromatic carbocycles. The number of hydrogen-bond donors (Lipinski definition) is 2. The quantitative estimate of drug-likeness (QED) is 0.843. The lowest BCUT2D eigenvalue weighted by Gasteiger charge is -2.11. The van der Waals surface area contributed by atoms with Gasteiger partial charge >= 0.3 is 0 Å². The van der Waals surface area contributed by atoms with Gasteiger partial charge in [-0.05, 0) is 30.2 Å². The van der Waals surface area contributed by atoms with Crippen LogP contribution in [0.3, 0.4) is 0 Å². The summed E-state index contributed by atoms with van der Waals surface area (Å²) in [7, 11) is 0. The molecule has 0 spiro atoms. The van der Waals surface area contributed by atoms with E-state index in [4.69, 9.17) is 23.2 Å². The van der Waals surface area contributed by atoms with Gasteiger partial charge in [-0.3, -0.25) is 4.79 Å². The largest absolute Gasteiger partial charge is 0.352 e. The summed E-state index contributed by atoms with van der Waals surface area (Å²) in [6, 6.07) is 8.68. The second-order valence-electron chi connectivity index (χ2n) is 5.26. The maximum atomic E-state index is 11.9.